The zero-order chi connectivity index (χ0) is 18.2. The standard InChI is InChI=1S/C21H23N3OS/c1-16-15-26-20(24-16)14-23-21(25)22-13-12-19(17-8-4-2-5-9-17)18-10-6-3-7-11-18/h2-11,15,19H,12-14H2,1H3,(H2,22,23,25). The molecule has 0 saturated heterocycles. The first-order valence-corrected chi connectivity index (χ1v) is 9.63. The van der Waals surface area contributed by atoms with Gasteiger partial charge in [0.2, 0.25) is 0 Å². The molecule has 5 heteroatoms. The summed E-state index contributed by atoms with van der Waals surface area (Å²) in [5.41, 5.74) is 3.51. The van der Waals surface area contributed by atoms with Crippen LogP contribution in [0.4, 0.5) is 4.79 Å². The lowest BCUT2D eigenvalue weighted by atomic mass is 9.88. The Morgan fingerprint density at radius 1 is 1.00 bits per heavy atom. The van der Waals surface area contributed by atoms with E-state index in [1.165, 1.54) is 11.1 Å². The molecule has 134 valence electrons. The average molecular weight is 366 g/mol. The van der Waals surface area contributed by atoms with Gasteiger partial charge in [-0.3, -0.25) is 0 Å². The van der Waals surface area contributed by atoms with Crippen LogP contribution in [0.1, 0.15) is 34.2 Å². The summed E-state index contributed by atoms with van der Waals surface area (Å²) in [5, 5.41) is 8.73. The van der Waals surface area contributed by atoms with Crippen molar-refractivity contribution in [1.29, 1.82) is 0 Å². The number of urea groups is 1. The van der Waals surface area contributed by atoms with Gasteiger partial charge in [0.15, 0.2) is 0 Å². The molecule has 1 aromatic heterocycles. The Bertz CT molecular complexity index is 778. The van der Waals surface area contributed by atoms with E-state index in [0.717, 1.165) is 17.1 Å². The molecule has 3 aromatic rings. The number of nitrogens with zero attached hydrogens (tertiary/aromatic N) is 1. The summed E-state index contributed by atoms with van der Waals surface area (Å²) in [6, 6.07) is 20.7. The minimum Gasteiger partial charge on any atom is -0.338 e. The highest BCUT2D eigenvalue weighted by molar-refractivity contribution is 7.09. The number of aryl methyl sites for hydroxylation is 1. The molecule has 2 amide bonds. The van der Waals surface area contributed by atoms with Gasteiger partial charge in [-0.25, -0.2) is 9.78 Å². The lowest BCUT2D eigenvalue weighted by Gasteiger charge is -2.18. The van der Waals surface area contributed by atoms with Gasteiger partial charge in [0.05, 0.1) is 6.54 Å². The van der Waals surface area contributed by atoms with Crippen molar-refractivity contribution in [2.45, 2.75) is 25.8 Å². The Labute approximate surface area is 158 Å². The van der Waals surface area contributed by atoms with Crippen molar-refractivity contribution in [3.8, 4) is 0 Å². The Hall–Kier alpha value is -2.66. The number of amides is 2. The number of hydrogen-bond donors (Lipinski definition) is 2. The molecule has 0 fully saturated rings. The highest BCUT2D eigenvalue weighted by Gasteiger charge is 2.14. The molecule has 0 aliphatic rings. The fourth-order valence-electron chi connectivity index (χ4n) is 2.93. The van der Waals surface area contributed by atoms with Gasteiger partial charge in [-0.15, -0.1) is 11.3 Å². The van der Waals surface area contributed by atoms with Crippen LogP contribution in [-0.2, 0) is 6.54 Å². The van der Waals surface area contributed by atoms with Crippen LogP contribution in [0.25, 0.3) is 0 Å². The van der Waals surface area contributed by atoms with Crippen molar-refractivity contribution in [1.82, 2.24) is 15.6 Å². The van der Waals surface area contributed by atoms with Crippen LogP contribution < -0.4 is 10.6 Å². The number of carbonyl (C=O) groups excluding carboxylic acids is 1. The third-order valence-corrected chi connectivity index (χ3v) is 5.16. The van der Waals surface area contributed by atoms with Gasteiger partial charge in [0.1, 0.15) is 5.01 Å². The third kappa shape index (κ3) is 5.17. The average Bonchev–Trinajstić information content (AvgIpc) is 3.10. The molecule has 0 saturated carbocycles. The summed E-state index contributed by atoms with van der Waals surface area (Å²) in [6.45, 7) is 3.02. The van der Waals surface area contributed by atoms with Crippen molar-refractivity contribution < 1.29 is 4.79 Å². The maximum Gasteiger partial charge on any atom is 0.315 e. The smallest absolute Gasteiger partial charge is 0.315 e. The second-order valence-corrected chi connectivity index (χ2v) is 7.10. The minimum atomic E-state index is -0.155. The van der Waals surface area contributed by atoms with Gasteiger partial charge in [-0.2, -0.15) is 0 Å². The molecule has 0 bridgehead atoms. The number of thiazole rings is 1. The second-order valence-electron chi connectivity index (χ2n) is 6.15. The van der Waals surface area contributed by atoms with Crippen molar-refractivity contribution in [2.75, 3.05) is 6.54 Å². The molecular formula is C21H23N3OS. The summed E-state index contributed by atoms with van der Waals surface area (Å²) in [4.78, 5) is 16.4. The maximum absolute atomic E-state index is 12.0. The second kappa shape index (κ2) is 9.15. The van der Waals surface area contributed by atoms with Crippen molar-refractivity contribution in [3.63, 3.8) is 0 Å². The van der Waals surface area contributed by atoms with E-state index in [1.54, 1.807) is 11.3 Å². The summed E-state index contributed by atoms with van der Waals surface area (Å²) >= 11 is 1.56. The van der Waals surface area contributed by atoms with Crippen LogP contribution in [0, 0.1) is 6.92 Å². The Morgan fingerprint density at radius 2 is 1.62 bits per heavy atom. The van der Waals surface area contributed by atoms with Gasteiger partial charge in [0, 0.05) is 23.5 Å². The molecule has 3 rings (SSSR count). The lowest BCUT2D eigenvalue weighted by molar-refractivity contribution is 0.240. The van der Waals surface area contributed by atoms with Crippen LogP contribution in [-0.4, -0.2) is 17.6 Å². The van der Waals surface area contributed by atoms with Crippen LogP contribution in [0.3, 0.4) is 0 Å². The van der Waals surface area contributed by atoms with Crippen molar-refractivity contribution in [3.05, 3.63) is 87.9 Å². The van der Waals surface area contributed by atoms with Gasteiger partial charge in [-0.05, 0) is 24.5 Å². The largest absolute Gasteiger partial charge is 0.338 e. The fraction of sp³-hybridized carbons (Fsp3) is 0.238. The van der Waals surface area contributed by atoms with Crippen LogP contribution in [0.2, 0.25) is 0 Å². The molecule has 0 unspecified atom stereocenters. The Kier molecular flexibility index (Phi) is 6.39. The molecule has 0 aliphatic carbocycles. The predicted octanol–water partition coefficient (Wildman–Crippen LogP) is 4.47. The van der Waals surface area contributed by atoms with E-state index < -0.39 is 0 Å². The quantitative estimate of drug-likeness (QED) is 0.649. The highest BCUT2D eigenvalue weighted by Crippen LogP contribution is 2.27. The van der Waals surface area contributed by atoms with E-state index in [4.69, 9.17) is 0 Å². The zero-order valence-corrected chi connectivity index (χ0v) is 15.6. The molecule has 4 nitrogen and oxygen atoms in total. The van der Waals surface area contributed by atoms with Crippen LogP contribution in [0.5, 0.6) is 0 Å². The molecule has 0 spiro atoms. The first-order chi connectivity index (χ1) is 12.7. The van der Waals surface area contributed by atoms with Crippen LogP contribution >= 0.6 is 11.3 Å². The molecule has 2 N–H and O–H groups in total. The number of nitrogens with one attached hydrogen (secondary N) is 2. The monoisotopic (exact) mass is 365 g/mol. The predicted molar refractivity (Wildman–Crippen MR) is 106 cm³/mol. The first-order valence-electron chi connectivity index (χ1n) is 8.75. The number of hydrogen-bond acceptors (Lipinski definition) is 3. The maximum atomic E-state index is 12.0. The Morgan fingerprint density at radius 3 is 2.15 bits per heavy atom. The van der Waals surface area contributed by atoms with E-state index >= 15 is 0 Å². The fourth-order valence-corrected chi connectivity index (χ4v) is 3.64. The number of carbonyl (C=O) groups is 1. The van der Waals surface area contributed by atoms with Gasteiger partial charge < -0.3 is 10.6 Å². The van der Waals surface area contributed by atoms with Gasteiger partial charge in [0.25, 0.3) is 0 Å². The number of rotatable bonds is 7. The topological polar surface area (TPSA) is 54.0 Å². The number of aromatic nitrogens is 1. The molecule has 0 aliphatic heterocycles. The molecule has 0 atom stereocenters. The first kappa shape index (κ1) is 18.1. The third-order valence-electron chi connectivity index (χ3n) is 4.19. The lowest BCUT2D eigenvalue weighted by Crippen LogP contribution is -2.36. The van der Waals surface area contributed by atoms with E-state index in [1.807, 2.05) is 24.4 Å². The summed E-state index contributed by atoms with van der Waals surface area (Å²) in [7, 11) is 0. The highest BCUT2D eigenvalue weighted by atomic mass is 32.1. The van der Waals surface area contributed by atoms with Gasteiger partial charge in [-0.1, -0.05) is 60.7 Å². The van der Waals surface area contributed by atoms with E-state index in [9.17, 15) is 4.79 Å². The molecule has 0 radical (unpaired) electrons. The Balaban J connectivity index is 1.54. The molecule has 26 heavy (non-hydrogen) atoms. The molecular weight excluding hydrogens is 342 g/mol. The van der Waals surface area contributed by atoms with E-state index in [2.05, 4.69) is 64.1 Å². The van der Waals surface area contributed by atoms with Gasteiger partial charge >= 0.3 is 6.03 Å². The van der Waals surface area contributed by atoms with Crippen molar-refractivity contribution in [2.24, 2.45) is 0 Å². The van der Waals surface area contributed by atoms with E-state index in [-0.39, 0.29) is 11.9 Å². The van der Waals surface area contributed by atoms with Crippen LogP contribution in [0.15, 0.2) is 66.0 Å². The minimum absolute atomic E-state index is 0.155. The summed E-state index contributed by atoms with van der Waals surface area (Å²) < 4.78 is 0. The number of benzene rings is 2. The van der Waals surface area contributed by atoms with E-state index in [0.29, 0.717) is 13.1 Å². The SMILES string of the molecule is Cc1csc(CNC(=O)NCCC(c2ccccc2)c2ccccc2)n1. The summed E-state index contributed by atoms with van der Waals surface area (Å²) in [6.07, 6.45) is 0.845. The molecule has 2 aromatic carbocycles. The molecule has 1 heterocycles. The normalized spacial score (nSPS) is 10.7. The summed E-state index contributed by atoms with van der Waals surface area (Å²) in [5.74, 6) is 0.263. The van der Waals surface area contributed by atoms with Crippen molar-refractivity contribution >= 4 is 17.4 Å². The zero-order valence-electron chi connectivity index (χ0n) is 14.8.